The smallest absolute Gasteiger partial charge is 0.294 e. The van der Waals surface area contributed by atoms with Crippen LogP contribution in [0.2, 0.25) is 0 Å². The molecular weight excluding hydrogens is 510 g/mol. The number of nitrogens with one attached hydrogen (secondary N) is 1. The number of anilines is 1. The summed E-state index contributed by atoms with van der Waals surface area (Å²) < 4.78 is 29.4. The minimum atomic E-state index is -2.72. The van der Waals surface area contributed by atoms with Gasteiger partial charge in [0.05, 0.1) is 11.0 Å². The number of amides is 1. The van der Waals surface area contributed by atoms with Gasteiger partial charge in [-0.2, -0.15) is 0 Å². The lowest BCUT2D eigenvalue weighted by molar-refractivity contribution is -0.0886. The highest BCUT2D eigenvalue weighted by Crippen LogP contribution is 2.47. The number of carbonyl (C=O) groups excluding carboxylic acids is 1. The quantitative estimate of drug-likeness (QED) is 0.414. The number of benzene rings is 1. The Labute approximate surface area is 201 Å². The fraction of sp³-hybridized carbons (Fsp3) is 0.348. The Morgan fingerprint density at radius 3 is 2.74 bits per heavy atom. The first-order chi connectivity index (χ1) is 15.7. The highest BCUT2D eigenvalue weighted by molar-refractivity contribution is 9.10. The van der Waals surface area contributed by atoms with Crippen molar-refractivity contribution in [2.24, 2.45) is 0 Å². The van der Waals surface area contributed by atoms with E-state index in [1.807, 2.05) is 6.07 Å². The molecule has 4 aromatic rings. The number of aryl methyl sites for hydroxylation is 1. The van der Waals surface area contributed by atoms with Gasteiger partial charge in [0.2, 0.25) is 11.6 Å². The number of hydrogen-bond acceptors (Lipinski definition) is 5. The molecule has 1 fully saturated rings. The lowest BCUT2D eigenvalue weighted by Gasteiger charge is -2.33. The number of rotatable bonds is 2. The van der Waals surface area contributed by atoms with Crippen LogP contribution < -0.4 is 10.5 Å². The summed E-state index contributed by atoms with van der Waals surface area (Å²) in [6.07, 6.45) is 1.71. The van der Waals surface area contributed by atoms with E-state index in [1.165, 1.54) is 0 Å². The van der Waals surface area contributed by atoms with Crippen molar-refractivity contribution >= 4 is 44.3 Å². The molecule has 1 N–H and O–H groups in total. The van der Waals surface area contributed by atoms with Crippen molar-refractivity contribution in [2.75, 3.05) is 11.4 Å². The molecule has 8 nitrogen and oxygen atoms in total. The van der Waals surface area contributed by atoms with E-state index < -0.39 is 17.4 Å². The first-order valence-corrected chi connectivity index (χ1v) is 11.3. The van der Waals surface area contributed by atoms with Gasteiger partial charge in [-0.1, -0.05) is 7.43 Å². The SMILES string of the molecule is C.Cc1cc2c(cc1C(=O)N1CCc3cc(Br)cnc31)[nH]c(=O)c1nnc(C3CC(F)(F)C3)n12. The topological polar surface area (TPSA) is 96.2 Å². The van der Waals surface area contributed by atoms with Crippen LogP contribution in [0.1, 0.15) is 53.5 Å². The van der Waals surface area contributed by atoms with Gasteiger partial charge in [0.15, 0.2) is 0 Å². The molecule has 2 aliphatic rings. The number of halogens is 3. The van der Waals surface area contributed by atoms with Crippen molar-refractivity contribution in [1.82, 2.24) is 24.6 Å². The molecule has 11 heteroatoms. The zero-order valence-electron chi connectivity index (χ0n) is 17.4. The van der Waals surface area contributed by atoms with E-state index >= 15 is 0 Å². The first-order valence-electron chi connectivity index (χ1n) is 10.5. The lowest BCUT2D eigenvalue weighted by atomic mass is 9.81. The van der Waals surface area contributed by atoms with Crippen LogP contribution in [0.15, 0.2) is 33.7 Å². The van der Waals surface area contributed by atoms with E-state index in [0.717, 1.165) is 10.0 Å². The molecule has 0 spiro atoms. The minimum Gasteiger partial charge on any atom is -0.317 e. The first kappa shape index (κ1) is 22.6. The third kappa shape index (κ3) is 3.32. The number of H-pyrrole nitrogens is 1. The maximum Gasteiger partial charge on any atom is 0.294 e. The van der Waals surface area contributed by atoms with Crippen molar-refractivity contribution in [3.05, 3.63) is 61.7 Å². The third-order valence-corrected chi connectivity index (χ3v) is 6.86. The third-order valence-electron chi connectivity index (χ3n) is 6.42. The Morgan fingerprint density at radius 1 is 1.24 bits per heavy atom. The van der Waals surface area contributed by atoms with Crippen LogP contribution in [0, 0.1) is 6.92 Å². The number of nitrogens with zero attached hydrogens (tertiary/aromatic N) is 5. The maximum atomic E-state index is 13.5. The summed E-state index contributed by atoms with van der Waals surface area (Å²) in [5.74, 6) is -2.45. The number of aromatic nitrogens is 5. The summed E-state index contributed by atoms with van der Waals surface area (Å²) in [4.78, 5) is 34.9. The molecule has 1 aliphatic heterocycles. The number of alkyl halides is 2. The Balaban J connectivity index is 0.00000241. The molecule has 0 atom stereocenters. The zero-order valence-corrected chi connectivity index (χ0v) is 19.0. The van der Waals surface area contributed by atoms with Gasteiger partial charge < -0.3 is 4.98 Å². The lowest BCUT2D eigenvalue weighted by Crippen LogP contribution is -2.35. The van der Waals surface area contributed by atoms with Crippen molar-refractivity contribution < 1.29 is 13.6 Å². The van der Waals surface area contributed by atoms with Crippen LogP contribution in [0.5, 0.6) is 0 Å². The molecule has 0 saturated heterocycles. The minimum absolute atomic E-state index is 0. The van der Waals surface area contributed by atoms with Gasteiger partial charge in [-0.3, -0.25) is 18.9 Å². The van der Waals surface area contributed by atoms with Gasteiger partial charge in [-0.05, 0) is 58.6 Å². The summed E-state index contributed by atoms with van der Waals surface area (Å²) in [5, 5.41) is 7.99. The molecule has 1 aliphatic carbocycles. The van der Waals surface area contributed by atoms with Gasteiger partial charge in [-0.25, -0.2) is 13.8 Å². The van der Waals surface area contributed by atoms with E-state index in [9.17, 15) is 18.4 Å². The van der Waals surface area contributed by atoms with Crippen LogP contribution >= 0.6 is 15.9 Å². The molecule has 176 valence electrons. The molecule has 4 heterocycles. The predicted octanol–water partition coefficient (Wildman–Crippen LogP) is 4.39. The van der Waals surface area contributed by atoms with E-state index in [1.54, 1.807) is 34.6 Å². The Bertz CT molecular complexity index is 1540. The summed E-state index contributed by atoms with van der Waals surface area (Å²) in [7, 11) is 0. The molecule has 0 unspecified atom stereocenters. The number of carbonyl (C=O) groups is 1. The van der Waals surface area contributed by atoms with Crippen molar-refractivity contribution in [2.45, 2.75) is 45.5 Å². The largest absolute Gasteiger partial charge is 0.317 e. The van der Waals surface area contributed by atoms with Crippen molar-refractivity contribution in [1.29, 1.82) is 0 Å². The molecule has 6 rings (SSSR count). The molecule has 0 radical (unpaired) electrons. The molecular formula is C23H21BrF2N6O2. The monoisotopic (exact) mass is 530 g/mol. The summed E-state index contributed by atoms with van der Waals surface area (Å²) in [6, 6.07) is 5.35. The average molecular weight is 531 g/mol. The Morgan fingerprint density at radius 2 is 2.00 bits per heavy atom. The van der Waals surface area contributed by atoms with Gasteiger partial charge in [0.1, 0.15) is 11.6 Å². The summed E-state index contributed by atoms with van der Waals surface area (Å²) in [6.45, 7) is 2.31. The van der Waals surface area contributed by atoms with Crippen LogP contribution in [0.3, 0.4) is 0 Å². The van der Waals surface area contributed by atoms with Gasteiger partial charge in [0, 0.05) is 41.5 Å². The van der Waals surface area contributed by atoms with E-state index in [2.05, 4.69) is 36.1 Å². The fourth-order valence-electron chi connectivity index (χ4n) is 4.76. The van der Waals surface area contributed by atoms with Gasteiger partial charge in [0.25, 0.3) is 11.5 Å². The summed E-state index contributed by atoms with van der Waals surface area (Å²) in [5.41, 5.74) is 2.64. The van der Waals surface area contributed by atoms with Crippen LogP contribution in [0.25, 0.3) is 16.7 Å². The van der Waals surface area contributed by atoms with Gasteiger partial charge >= 0.3 is 0 Å². The second kappa shape index (κ2) is 7.66. The van der Waals surface area contributed by atoms with E-state index in [0.29, 0.717) is 46.8 Å². The van der Waals surface area contributed by atoms with Crippen LogP contribution in [0.4, 0.5) is 14.6 Å². The van der Waals surface area contributed by atoms with Crippen LogP contribution in [-0.2, 0) is 6.42 Å². The normalized spacial score (nSPS) is 17.0. The number of pyridine rings is 1. The van der Waals surface area contributed by atoms with Crippen molar-refractivity contribution in [3.8, 4) is 0 Å². The van der Waals surface area contributed by atoms with Gasteiger partial charge in [-0.15, -0.1) is 10.2 Å². The standard InChI is InChI=1S/C22H17BrF2N6O2.CH4/c1-10-4-16-15(6-14(10)21(33)30-3-2-11-5-13(23)9-26-17(11)30)27-20(32)19-29-28-18(31(16)19)12-7-22(24,25)8-12;/h4-6,9,12H,2-3,7-8H2,1H3,(H,27,32);1H4. The Hall–Kier alpha value is -3.21. The highest BCUT2D eigenvalue weighted by atomic mass is 79.9. The molecule has 1 amide bonds. The second-order valence-electron chi connectivity index (χ2n) is 8.66. The molecule has 1 aromatic carbocycles. The molecule has 3 aromatic heterocycles. The number of hydrogen-bond donors (Lipinski definition) is 1. The zero-order chi connectivity index (χ0) is 23.1. The highest BCUT2D eigenvalue weighted by Gasteiger charge is 2.48. The second-order valence-corrected chi connectivity index (χ2v) is 9.58. The molecule has 34 heavy (non-hydrogen) atoms. The maximum absolute atomic E-state index is 13.5. The fourth-order valence-corrected chi connectivity index (χ4v) is 5.14. The molecule has 0 bridgehead atoms. The van der Waals surface area contributed by atoms with Crippen LogP contribution in [-0.4, -0.2) is 42.9 Å². The molecule has 1 saturated carbocycles. The number of aromatic amines is 1. The number of fused-ring (bicyclic) bond motifs is 4. The summed E-state index contributed by atoms with van der Waals surface area (Å²) >= 11 is 3.41. The van der Waals surface area contributed by atoms with E-state index in [4.69, 9.17) is 0 Å². The predicted molar refractivity (Wildman–Crippen MR) is 127 cm³/mol. The Kier molecular flexibility index (Phi) is 5.08. The van der Waals surface area contributed by atoms with Crippen molar-refractivity contribution in [3.63, 3.8) is 0 Å². The van der Waals surface area contributed by atoms with E-state index in [-0.39, 0.29) is 31.8 Å². The average Bonchev–Trinajstić information content (AvgIpc) is 3.36.